The molecule has 4 rings (SSSR count). The molecule has 0 aliphatic carbocycles. The van der Waals surface area contributed by atoms with Gasteiger partial charge in [0.15, 0.2) is 16.4 Å². The number of carbonyl (C=O) groups excluding carboxylic acids is 2. The summed E-state index contributed by atoms with van der Waals surface area (Å²) in [5.74, 6) is -1.33. The zero-order valence-corrected chi connectivity index (χ0v) is 20.3. The molecule has 0 unspecified atom stereocenters. The average molecular weight is 507 g/mol. The third-order valence-electron chi connectivity index (χ3n) is 6.30. The number of amides is 1. The summed E-state index contributed by atoms with van der Waals surface area (Å²) < 4.78 is 55.8. The van der Waals surface area contributed by atoms with E-state index in [2.05, 4.69) is 0 Å². The summed E-state index contributed by atoms with van der Waals surface area (Å²) in [6.07, 6.45) is 0.992. The van der Waals surface area contributed by atoms with E-state index in [1.54, 1.807) is 0 Å². The van der Waals surface area contributed by atoms with Gasteiger partial charge in [-0.3, -0.25) is 4.79 Å². The van der Waals surface area contributed by atoms with Gasteiger partial charge in [-0.25, -0.2) is 21.6 Å². The molecule has 9 nitrogen and oxygen atoms in total. The second-order valence-corrected chi connectivity index (χ2v) is 12.7. The van der Waals surface area contributed by atoms with Gasteiger partial charge in [-0.2, -0.15) is 4.31 Å². The van der Waals surface area contributed by atoms with Crippen molar-refractivity contribution in [2.45, 2.75) is 30.3 Å². The van der Waals surface area contributed by atoms with Crippen LogP contribution in [0.1, 0.15) is 27.9 Å². The van der Waals surface area contributed by atoms with E-state index in [0.717, 1.165) is 11.1 Å². The average Bonchev–Trinajstić information content (AvgIpc) is 3.21. The van der Waals surface area contributed by atoms with Crippen LogP contribution in [0.25, 0.3) is 0 Å². The molecule has 0 aromatic heterocycles. The van der Waals surface area contributed by atoms with Crippen LogP contribution in [0.2, 0.25) is 0 Å². The highest BCUT2D eigenvalue weighted by Gasteiger charge is 2.33. The molecule has 182 valence electrons. The molecule has 2 aromatic rings. The van der Waals surface area contributed by atoms with Gasteiger partial charge in [-0.05, 0) is 48.2 Å². The maximum Gasteiger partial charge on any atom is 0.338 e. The molecule has 34 heavy (non-hydrogen) atoms. The van der Waals surface area contributed by atoms with Crippen LogP contribution in [0, 0.1) is 0 Å². The number of fused-ring (bicyclic) bond motifs is 1. The van der Waals surface area contributed by atoms with Gasteiger partial charge in [-0.15, -0.1) is 0 Å². The predicted octanol–water partition coefficient (Wildman–Crippen LogP) is 1.24. The monoisotopic (exact) mass is 506 g/mol. The number of sulfonamides is 1. The Labute approximate surface area is 199 Å². The lowest BCUT2D eigenvalue weighted by atomic mass is 10.0. The van der Waals surface area contributed by atoms with Gasteiger partial charge in [0.1, 0.15) is 0 Å². The summed E-state index contributed by atoms with van der Waals surface area (Å²) in [6, 6.07) is 12.7. The van der Waals surface area contributed by atoms with E-state index in [9.17, 15) is 26.4 Å². The van der Waals surface area contributed by atoms with Gasteiger partial charge in [0.2, 0.25) is 10.0 Å². The van der Waals surface area contributed by atoms with Crippen LogP contribution in [0.5, 0.6) is 0 Å². The summed E-state index contributed by atoms with van der Waals surface area (Å²) in [7, 11) is -5.39. The van der Waals surface area contributed by atoms with Gasteiger partial charge in [0.05, 0.1) is 22.0 Å². The van der Waals surface area contributed by atoms with Gasteiger partial charge >= 0.3 is 5.97 Å². The number of esters is 1. The van der Waals surface area contributed by atoms with Crippen molar-refractivity contribution in [1.82, 2.24) is 9.21 Å². The third kappa shape index (κ3) is 5.16. The Hall–Kier alpha value is -2.76. The second-order valence-electron chi connectivity index (χ2n) is 8.52. The number of benzene rings is 2. The minimum Gasteiger partial charge on any atom is -0.452 e. The van der Waals surface area contributed by atoms with Gasteiger partial charge in [0, 0.05) is 26.2 Å². The second kappa shape index (κ2) is 9.47. The van der Waals surface area contributed by atoms with Crippen LogP contribution in [-0.2, 0) is 42.4 Å². The van der Waals surface area contributed by atoms with E-state index in [4.69, 9.17) is 4.74 Å². The summed E-state index contributed by atoms with van der Waals surface area (Å²) in [5, 5.41) is 0. The highest BCUT2D eigenvalue weighted by molar-refractivity contribution is 7.91. The van der Waals surface area contributed by atoms with Crippen molar-refractivity contribution in [3.05, 3.63) is 65.2 Å². The SMILES string of the molecule is CN(C(=O)COC(=O)c1ccc(S(=O)(=O)N2CCc3ccccc3C2)cc1)[C@H]1CCS(=O)(=O)C1. The molecule has 2 aliphatic heterocycles. The van der Waals surface area contributed by atoms with Crippen molar-refractivity contribution in [3.63, 3.8) is 0 Å². The van der Waals surface area contributed by atoms with Crippen LogP contribution in [0.15, 0.2) is 53.4 Å². The molecule has 1 saturated heterocycles. The number of ether oxygens (including phenoxy) is 1. The Kier molecular flexibility index (Phi) is 6.79. The molecule has 1 amide bonds. The molecule has 1 atom stereocenters. The van der Waals surface area contributed by atoms with E-state index in [1.165, 1.54) is 40.5 Å². The Morgan fingerprint density at radius 2 is 1.76 bits per heavy atom. The fourth-order valence-corrected chi connectivity index (χ4v) is 7.38. The van der Waals surface area contributed by atoms with Crippen molar-refractivity contribution in [2.24, 2.45) is 0 Å². The number of hydrogen-bond acceptors (Lipinski definition) is 7. The van der Waals surface area contributed by atoms with Crippen LogP contribution < -0.4 is 0 Å². The van der Waals surface area contributed by atoms with Crippen LogP contribution >= 0.6 is 0 Å². The quantitative estimate of drug-likeness (QED) is 0.541. The lowest BCUT2D eigenvalue weighted by molar-refractivity contribution is -0.134. The van der Waals surface area contributed by atoms with Crippen molar-refractivity contribution in [1.29, 1.82) is 0 Å². The third-order valence-corrected chi connectivity index (χ3v) is 9.91. The number of hydrogen-bond donors (Lipinski definition) is 0. The Morgan fingerprint density at radius 1 is 1.09 bits per heavy atom. The molecular weight excluding hydrogens is 480 g/mol. The Balaban J connectivity index is 1.36. The van der Waals surface area contributed by atoms with E-state index in [1.807, 2.05) is 24.3 Å². The molecule has 11 heteroatoms. The summed E-state index contributed by atoms with van der Waals surface area (Å²) in [5.41, 5.74) is 2.23. The highest BCUT2D eigenvalue weighted by atomic mass is 32.2. The first-order valence-electron chi connectivity index (χ1n) is 10.9. The molecule has 0 spiro atoms. The molecule has 0 radical (unpaired) electrons. The number of carbonyl (C=O) groups is 2. The van der Waals surface area contributed by atoms with E-state index in [0.29, 0.717) is 25.9 Å². The smallest absolute Gasteiger partial charge is 0.338 e. The zero-order chi connectivity index (χ0) is 24.5. The topological polar surface area (TPSA) is 118 Å². The van der Waals surface area contributed by atoms with E-state index in [-0.39, 0.29) is 22.0 Å². The number of likely N-dealkylation sites (N-methyl/N-ethyl adjacent to an activating group) is 1. The van der Waals surface area contributed by atoms with Crippen molar-refractivity contribution < 1.29 is 31.2 Å². The summed E-state index contributed by atoms with van der Waals surface area (Å²) in [6.45, 7) is 0.139. The molecule has 2 aromatic carbocycles. The zero-order valence-electron chi connectivity index (χ0n) is 18.7. The first-order valence-corrected chi connectivity index (χ1v) is 14.1. The highest BCUT2D eigenvalue weighted by Crippen LogP contribution is 2.25. The molecule has 0 bridgehead atoms. The molecule has 2 heterocycles. The van der Waals surface area contributed by atoms with Gasteiger partial charge in [0.25, 0.3) is 5.91 Å². The van der Waals surface area contributed by atoms with Crippen LogP contribution in [0.3, 0.4) is 0 Å². The molecule has 0 N–H and O–H groups in total. The summed E-state index contributed by atoms with van der Waals surface area (Å²) >= 11 is 0. The fraction of sp³-hybridized carbons (Fsp3) is 0.391. The lowest BCUT2D eigenvalue weighted by Crippen LogP contribution is -2.40. The Morgan fingerprint density at radius 3 is 2.41 bits per heavy atom. The molecular formula is C23H26N2O7S2. The largest absolute Gasteiger partial charge is 0.452 e. The van der Waals surface area contributed by atoms with Crippen molar-refractivity contribution in [2.75, 3.05) is 31.7 Å². The maximum absolute atomic E-state index is 13.1. The fourth-order valence-electron chi connectivity index (χ4n) is 4.18. The van der Waals surface area contributed by atoms with Crippen LogP contribution in [0.4, 0.5) is 0 Å². The summed E-state index contributed by atoms with van der Waals surface area (Å²) in [4.78, 5) is 26.0. The molecule has 2 aliphatic rings. The maximum atomic E-state index is 13.1. The van der Waals surface area contributed by atoms with E-state index < -0.39 is 44.4 Å². The number of sulfone groups is 1. The van der Waals surface area contributed by atoms with Gasteiger partial charge < -0.3 is 9.64 Å². The minimum atomic E-state index is -3.73. The first-order chi connectivity index (χ1) is 16.1. The predicted molar refractivity (Wildman–Crippen MR) is 124 cm³/mol. The minimum absolute atomic E-state index is 0.0360. The normalized spacial score (nSPS) is 19.9. The number of rotatable bonds is 6. The van der Waals surface area contributed by atoms with Crippen molar-refractivity contribution >= 4 is 31.7 Å². The first kappa shape index (κ1) is 24.4. The van der Waals surface area contributed by atoms with Gasteiger partial charge in [-0.1, -0.05) is 24.3 Å². The van der Waals surface area contributed by atoms with Crippen molar-refractivity contribution in [3.8, 4) is 0 Å². The molecule has 0 saturated carbocycles. The Bertz CT molecular complexity index is 1310. The van der Waals surface area contributed by atoms with E-state index >= 15 is 0 Å². The molecule has 1 fully saturated rings. The van der Waals surface area contributed by atoms with Crippen LogP contribution in [-0.4, -0.2) is 75.7 Å². The standard InChI is InChI=1S/C23H26N2O7S2/c1-24(20-11-13-33(28,29)16-20)22(26)15-32-23(27)18-6-8-21(9-7-18)34(30,31)25-12-10-17-4-2-3-5-19(17)14-25/h2-9,20H,10-16H2,1H3/t20-/m0/s1. The lowest BCUT2D eigenvalue weighted by Gasteiger charge is -2.28. The number of nitrogens with zero attached hydrogens (tertiary/aromatic N) is 2.